The molecule has 9 heterocycles. The van der Waals surface area contributed by atoms with Gasteiger partial charge in [-0.25, -0.2) is 43.7 Å². The SMILES string of the molecule is COC(=O)[C@@H]1CC2(C=Cc3c(c(C)nc4ccccc34)O2)CN1C(=O)OC(C)(C)C.COC(=O)[C@@H]1CC2(CC(Cl)c3c(c(C)nc4ccccc34)O2)CN1C(=O)OC(C)(C)C.COC(=O)[C@@H]1CC2(CC(O)c3c(c(C)nc4ccccc34)O2)CN1C(=O)OC(C)(C)C. The maximum Gasteiger partial charge on any atom is 0.411 e. The molecule has 1 N–H and O–H groups in total. The lowest BCUT2D eigenvalue weighted by Gasteiger charge is -2.39. The molecule has 3 aromatic carbocycles. The number of amides is 3. The number of pyridine rings is 3. The fourth-order valence-corrected chi connectivity index (χ4v) is 13.6. The standard InChI is InChI=1S/C23H27ClN2O5.C23H28N2O6.C23H26N2O5/c1-13-19-18(14-8-6-7-9-16(14)25-13)15(24)10-23(30-19)11-17(20(27)29-5)26(12-23)21(28)31-22(2,3)4;1-13-19-18(14-8-6-7-9-15(14)24-13)17(26)11-23(30-19)10-16(20(27)29-5)25(12-23)21(28)31-22(2,3)4;1-14-19-16(15-8-6-7-9-17(15)24-14)10-11-23(29-19)12-18(20(26)28-5)25(13-23)21(27)30-22(2,3)4/h6-9,15,17H,10-12H2,1-5H3;6-9,16-17,26H,10-12H2,1-5H3;6-11,18H,12-13H2,1-5H3/t15?,17-,23?;16-,17?,23?;18-,23?/m000/s1. The number of halogens is 1. The maximum absolute atomic E-state index is 12.9. The first-order valence-electron chi connectivity index (χ1n) is 30.7. The van der Waals surface area contributed by atoms with Gasteiger partial charge in [0.1, 0.15) is 69.0 Å². The number of hydrogen-bond donors (Lipinski definition) is 1. The van der Waals surface area contributed by atoms with Crippen LogP contribution >= 0.6 is 11.6 Å². The summed E-state index contributed by atoms with van der Waals surface area (Å²) in [5.41, 5.74) is 2.51. The van der Waals surface area contributed by atoms with Crippen LogP contribution < -0.4 is 14.2 Å². The van der Waals surface area contributed by atoms with Crippen LogP contribution in [0.1, 0.15) is 140 Å². The van der Waals surface area contributed by atoms with Crippen molar-refractivity contribution in [2.45, 2.75) is 178 Å². The van der Waals surface area contributed by atoms with Crippen molar-refractivity contribution in [2.75, 3.05) is 41.0 Å². The molecule has 3 fully saturated rings. The number of esters is 3. The molecule has 3 amide bonds. The Balaban J connectivity index is 0.000000151. The largest absolute Gasteiger partial charge is 0.483 e. The predicted molar refractivity (Wildman–Crippen MR) is 341 cm³/mol. The van der Waals surface area contributed by atoms with Crippen LogP contribution in [0, 0.1) is 20.8 Å². The Morgan fingerprint density at radius 2 is 0.870 bits per heavy atom. The van der Waals surface area contributed by atoms with E-state index in [1.807, 2.05) is 106 Å². The Hall–Kier alpha value is -8.50. The molecule has 5 unspecified atom stereocenters. The molecule has 0 radical (unpaired) electrons. The highest BCUT2D eigenvalue weighted by Gasteiger charge is 2.58. The molecule has 6 aromatic rings. The second-order valence-electron chi connectivity index (χ2n) is 27.4. The average Bonchev–Trinajstić information content (AvgIpc) is 1.44. The molecule has 3 saturated heterocycles. The number of likely N-dealkylation sites (tertiary alicyclic amines) is 3. The summed E-state index contributed by atoms with van der Waals surface area (Å²) in [6.45, 7) is 22.1. The quantitative estimate of drug-likeness (QED) is 0.0981. The summed E-state index contributed by atoms with van der Waals surface area (Å²) < 4.78 is 50.8. The second kappa shape index (κ2) is 24.8. The van der Waals surface area contributed by atoms with E-state index in [4.69, 9.17) is 54.2 Å². The van der Waals surface area contributed by atoms with Crippen molar-refractivity contribution in [3.63, 3.8) is 0 Å². The number of aromatic nitrogens is 3. The number of rotatable bonds is 3. The third-order valence-corrected chi connectivity index (χ3v) is 17.3. The topological polar surface area (TPSA) is 254 Å². The summed E-state index contributed by atoms with van der Waals surface area (Å²) >= 11 is 6.90. The lowest BCUT2D eigenvalue weighted by molar-refractivity contribution is -0.146. The summed E-state index contributed by atoms with van der Waals surface area (Å²) in [6, 6.07) is 20.8. The number of aliphatic hydroxyl groups excluding tert-OH is 1. The smallest absolute Gasteiger partial charge is 0.411 e. The molecule has 0 aliphatic carbocycles. The van der Waals surface area contributed by atoms with Crippen LogP contribution in [-0.2, 0) is 42.8 Å². The van der Waals surface area contributed by atoms with E-state index in [0.717, 1.165) is 55.2 Å². The van der Waals surface area contributed by atoms with Crippen LogP contribution in [0.4, 0.5) is 14.4 Å². The third kappa shape index (κ3) is 13.4. The number of ether oxygens (including phenoxy) is 9. The normalized spacial score (nSPS) is 24.4. The number of methoxy groups -OCH3 is 3. The molecule has 490 valence electrons. The van der Waals surface area contributed by atoms with E-state index in [1.165, 1.54) is 36.0 Å². The number of hydrogen-bond acceptors (Lipinski definition) is 19. The number of aryl methyl sites for hydroxylation is 3. The Labute approximate surface area is 539 Å². The number of fused-ring (bicyclic) bond motifs is 9. The number of para-hydroxylation sites is 3. The van der Waals surface area contributed by atoms with Gasteiger partial charge >= 0.3 is 36.2 Å². The third-order valence-electron chi connectivity index (χ3n) is 16.9. The highest BCUT2D eigenvalue weighted by Crippen LogP contribution is 2.53. The number of carbonyl (C=O) groups is 6. The summed E-state index contributed by atoms with van der Waals surface area (Å²) in [6.07, 6.45) is 2.78. The summed E-state index contributed by atoms with van der Waals surface area (Å²) in [7, 11) is 3.91. The van der Waals surface area contributed by atoms with Crippen LogP contribution in [-0.4, -0.2) is 164 Å². The molecule has 6 aliphatic rings. The van der Waals surface area contributed by atoms with E-state index in [-0.39, 0.29) is 50.7 Å². The zero-order chi connectivity index (χ0) is 66.8. The molecule has 8 atom stereocenters. The molecule has 0 saturated carbocycles. The first kappa shape index (κ1) is 66.4. The lowest BCUT2D eigenvalue weighted by atomic mass is 9.85. The molecule has 6 aliphatic heterocycles. The number of alkyl halides is 1. The summed E-state index contributed by atoms with van der Waals surface area (Å²) in [4.78, 5) is 94.1. The molecular weight excluding hydrogens is 1200 g/mol. The van der Waals surface area contributed by atoms with E-state index in [2.05, 4.69) is 15.0 Å². The minimum absolute atomic E-state index is 0.102. The number of nitrogens with zero attached hydrogens (tertiary/aromatic N) is 6. The number of aliphatic hydroxyl groups is 1. The van der Waals surface area contributed by atoms with Crippen molar-refractivity contribution >= 4 is 86.6 Å². The number of benzene rings is 3. The predicted octanol–water partition coefficient (Wildman–Crippen LogP) is 11.7. The Morgan fingerprint density at radius 3 is 1.32 bits per heavy atom. The Morgan fingerprint density at radius 1 is 0.500 bits per heavy atom. The van der Waals surface area contributed by atoms with Crippen molar-refractivity contribution < 1.29 is 76.5 Å². The van der Waals surface area contributed by atoms with Crippen LogP contribution in [0.25, 0.3) is 38.8 Å². The Bertz CT molecular complexity index is 3780. The molecule has 12 rings (SSSR count). The van der Waals surface area contributed by atoms with Gasteiger partial charge in [0.15, 0.2) is 0 Å². The molecule has 23 heteroatoms. The fraction of sp³-hybridized carbons (Fsp3) is 0.493. The van der Waals surface area contributed by atoms with E-state index in [0.29, 0.717) is 34.9 Å². The van der Waals surface area contributed by atoms with Crippen LogP contribution in [0.5, 0.6) is 17.2 Å². The van der Waals surface area contributed by atoms with Gasteiger partial charge in [0.2, 0.25) is 0 Å². The molecular formula is C69H81ClN6O16. The highest BCUT2D eigenvalue weighted by molar-refractivity contribution is 6.22. The van der Waals surface area contributed by atoms with Gasteiger partial charge in [0, 0.05) is 65.0 Å². The first-order valence-corrected chi connectivity index (χ1v) is 31.1. The van der Waals surface area contributed by atoms with Gasteiger partial charge in [-0.05, 0) is 107 Å². The maximum atomic E-state index is 12.9. The van der Waals surface area contributed by atoms with Gasteiger partial charge < -0.3 is 47.7 Å². The Kier molecular flexibility index (Phi) is 17.9. The van der Waals surface area contributed by atoms with Crippen LogP contribution in [0.2, 0.25) is 0 Å². The molecule has 0 bridgehead atoms. The van der Waals surface area contributed by atoms with E-state index in [1.54, 1.807) is 62.3 Å². The average molecular weight is 1290 g/mol. The van der Waals surface area contributed by atoms with Gasteiger partial charge in [0.25, 0.3) is 0 Å². The monoisotopic (exact) mass is 1280 g/mol. The van der Waals surface area contributed by atoms with E-state index < -0.39 is 94.0 Å². The fourth-order valence-electron chi connectivity index (χ4n) is 13.1. The van der Waals surface area contributed by atoms with Gasteiger partial charge in [-0.3, -0.25) is 14.7 Å². The van der Waals surface area contributed by atoms with E-state index >= 15 is 0 Å². The second-order valence-corrected chi connectivity index (χ2v) is 27.9. The molecule has 22 nitrogen and oxygen atoms in total. The minimum atomic E-state index is -0.947. The molecule has 3 spiro atoms. The van der Waals surface area contributed by atoms with Gasteiger partial charge in [0.05, 0.1) is 86.1 Å². The zero-order valence-electron chi connectivity index (χ0n) is 54.8. The molecule has 92 heavy (non-hydrogen) atoms. The van der Waals surface area contributed by atoms with Crippen molar-refractivity contribution in [1.82, 2.24) is 29.7 Å². The first-order chi connectivity index (χ1) is 43.2. The summed E-state index contributed by atoms with van der Waals surface area (Å²) in [5, 5.41) is 13.6. The van der Waals surface area contributed by atoms with Crippen molar-refractivity contribution in [3.8, 4) is 17.2 Å². The minimum Gasteiger partial charge on any atom is -0.483 e. The van der Waals surface area contributed by atoms with Gasteiger partial charge in [-0.15, -0.1) is 11.6 Å². The van der Waals surface area contributed by atoms with Gasteiger partial charge in [-0.2, -0.15) is 0 Å². The zero-order valence-corrected chi connectivity index (χ0v) is 55.5. The highest BCUT2D eigenvalue weighted by atomic mass is 35.5. The number of carbonyl (C=O) groups excluding carboxylic acids is 6. The van der Waals surface area contributed by atoms with Crippen molar-refractivity contribution in [2.24, 2.45) is 0 Å². The molecule has 3 aromatic heterocycles. The lowest BCUT2D eigenvalue weighted by Crippen LogP contribution is -2.46. The van der Waals surface area contributed by atoms with Crippen LogP contribution in [0.15, 0.2) is 78.9 Å². The van der Waals surface area contributed by atoms with Crippen LogP contribution in [0.3, 0.4) is 0 Å². The van der Waals surface area contributed by atoms with Crippen molar-refractivity contribution in [3.05, 3.63) is 113 Å². The van der Waals surface area contributed by atoms with E-state index in [9.17, 15) is 33.9 Å². The summed E-state index contributed by atoms with van der Waals surface area (Å²) in [5.74, 6) is 0.267. The van der Waals surface area contributed by atoms with Gasteiger partial charge in [-0.1, -0.05) is 60.7 Å². The van der Waals surface area contributed by atoms with Crippen molar-refractivity contribution in [1.29, 1.82) is 0 Å².